The van der Waals surface area contributed by atoms with Gasteiger partial charge < -0.3 is 10.1 Å². The molecule has 1 aliphatic heterocycles. The van der Waals surface area contributed by atoms with E-state index in [4.69, 9.17) is 4.74 Å². The summed E-state index contributed by atoms with van der Waals surface area (Å²) >= 11 is 0. The Morgan fingerprint density at radius 3 is 2.78 bits per heavy atom. The second-order valence-electron chi connectivity index (χ2n) is 6.19. The molecule has 0 aromatic carbocycles. The van der Waals surface area contributed by atoms with Crippen LogP contribution in [0.25, 0.3) is 0 Å². The van der Waals surface area contributed by atoms with Crippen molar-refractivity contribution in [2.24, 2.45) is 5.92 Å². The average Bonchev–Trinajstić information content (AvgIpc) is 2.57. The lowest BCUT2D eigenvalue weighted by Crippen LogP contribution is -2.45. The van der Waals surface area contributed by atoms with E-state index in [2.05, 4.69) is 27.1 Å². The molecule has 0 radical (unpaired) electrons. The number of nitrogens with zero attached hydrogens (tertiary/aromatic N) is 3. The molecule has 1 aromatic rings. The second-order valence-corrected chi connectivity index (χ2v) is 6.19. The monoisotopic (exact) mass is 320 g/mol. The Balaban J connectivity index is 1.93. The van der Waals surface area contributed by atoms with Crippen LogP contribution in [0.3, 0.4) is 0 Å². The third-order valence-electron chi connectivity index (χ3n) is 4.42. The van der Waals surface area contributed by atoms with Gasteiger partial charge in [-0.3, -0.25) is 9.69 Å². The van der Waals surface area contributed by atoms with Gasteiger partial charge in [-0.05, 0) is 12.8 Å². The number of methoxy groups -OCH3 is 1. The molecule has 128 valence electrons. The SMILES string of the molecule is CCCc1ncc(CN2CC[C@@H](OC)[C@H](CC(=O)NC)C2)cn1. The zero-order chi connectivity index (χ0) is 16.7. The quantitative estimate of drug-likeness (QED) is 0.822. The number of rotatable bonds is 7. The van der Waals surface area contributed by atoms with Crippen LogP contribution in [0, 0.1) is 5.92 Å². The number of hydrogen-bond donors (Lipinski definition) is 1. The number of carbonyl (C=O) groups is 1. The highest BCUT2D eigenvalue weighted by Crippen LogP contribution is 2.24. The van der Waals surface area contributed by atoms with Crippen LogP contribution < -0.4 is 5.32 Å². The van der Waals surface area contributed by atoms with Gasteiger partial charge >= 0.3 is 0 Å². The lowest BCUT2D eigenvalue weighted by atomic mass is 9.91. The number of aromatic nitrogens is 2. The maximum atomic E-state index is 11.7. The fraction of sp³-hybridized carbons (Fsp3) is 0.706. The van der Waals surface area contributed by atoms with Crippen LogP contribution in [-0.4, -0.2) is 54.1 Å². The first-order chi connectivity index (χ1) is 11.2. The Morgan fingerprint density at radius 2 is 2.17 bits per heavy atom. The molecule has 2 atom stereocenters. The van der Waals surface area contributed by atoms with E-state index in [1.807, 2.05) is 12.4 Å². The fourth-order valence-corrected chi connectivity index (χ4v) is 3.15. The maximum Gasteiger partial charge on any atom is 0.220 e. The van der Waals surface area contributed by atoms with E-state index in [-0.39, 0.29) is 17.9 Å². The van der Waals surface area contributed by atoms with Gasteiger partial charge in [0, 0.05) is 70.5 Å². The first-order valence-electron chi connectivity index (χ1n) is 8.41. The molecular weight excluding hydrogens is 292 g/mol. The molecule has 2 heterocycles. The summed E-state index contributed by atoms with van der Waals surface area (Å²) in [5.41, 5.74) is 1.12. The van der Waals surface area contributed by atoms with Crippen LogP contribution in [-0.2, 0) is 22.5 Å². The highest BCUT2D eigenvalue weighted by molar-refractivity contribution is 5.75. The molecule has 1 amide bonds. The van der Waals surface area contributed by atoms with Crippen molar-refractivity contribution < 1.29 is 9.53 Å². The van der Waals surface area contributed by atoms with Crippen molar-refractivity contribution in [3.05, 3.63) is 23.8 Å². The van der Waals surface area contributed by atoms with Gasteiger partial charge in [-0.2, -0.15) is 0 Å². The van der Waals surface area contributed by atoms with E-state index >= 15 is 0 Å². The largest absolute Gasteiger partial charge is 0.381 e. The van der Waals surface area contributed by atoms with Crippen molar-refractivity contribution in [2.45, 2.75) is 45.3 Å². The molecular formula is C17H28N4O2. The number of aryl methyl sites for hydroxylation is 1. The van der Waals surface area contributed by atoms with E-state index in [9.17, 15) is 4.79 Å². The number of hydrogen-bond acceptors (Lipinski definition) is 5. The Labute approximate surface area is 138 Å². The summed E-state index contributed by atoms with van der Waals surface area (Å²) in [6.07, 6.45) is 7.46. The normalized spacial score (nSPS) is 22.0. The molecule has 2 rings (SSSR count). The van der Waals surface area contributed by atoms with E-state index in [0.717, 1.165) is 50.3 Å². The highest BCUT2D eigenvalue weighted by atomic mass is 16.5. The molecule has 6 heteroatoms. The Morgan fingerprint density at radius 1 is 1.43 bits per heavy atom. The number of carbonyl (C=O) groups excluding carboxylic acids is 1. The van der Waals surface area contributed by atoms with Crippen LogP contribution in [0.1, 0.15) is 37.6 Å². The van der Waals surface area contributed by atoms with Crippen molar-refractivity contribution in [3.8, 4) is 0 Å². The van der Waals surface area contributed by atoms with Crippen LogP contribution in [0.2, 0.25) is 0 Å². The summed E-state index contributed by atoms with van der Waals surface area (Å²) < 4.78 is 5.56. The van der Waals surface area contributed by atoms with E-state index in [1.165, 1.54) is 0 Å². The first kappa shape index (κ1) is 17.8. The average molecular weight is 320 g/mol. The molecule has 0 unspecified atom stereocenters. The summed E-state index contributed by atoms with van der Waals surface area (Å²) in [5.74, 6) is 1.21. The van der Waals surface area contributed by atoms with Crippen molar-refractivity contribution in [1.29, 1.82) is 0 Å². The van der Waals surface area contributed by atoms with Gasteiger partial charge in [0.25, 0.3) is 0 Å². The van der Waals surface area contributed by atoms with Gasteiger partial charge in [0.05, 0.1) is 6.10 Å². The molecule has 6 nitrogen and oxygen atoms in total. The molecule has 1 aromatic heterocycles. The zero-order valence-corrected chi connectivity index (χ0v) is 14.4. The summed E-state index contributed by atoms with van der Waals surface area (Å²) in [4.78, 5) is 22.9. The number of likely N-dealkylation sites (tertiary alicyclic amines) is 1. The Hall–Kier alpha value is -1.53. The van der Waals surface area contributed by atoms with Crippen LogP contribution in [0.5, 0.6) is 0 Å². The second kappa shape index (κ2) is 8.93. The molecule has 23 heavy (non-hydrogen) atoms. The molecule has 0 spiro atoms. The number of nitrogens with one attached hydrogen (secondary N) is 1. The standard InChI is InChI=1S/C17H28N4O2/c1-4-5-16-19-9-13(10-20-16)11-21-7-6-15(23-3)14(12-21)8-17(22)18-2/h9-10,14-15H,4-8,11-12H2,1-3H3,(H,18,22)/t14-,15-/m1/s1. The van der Waals surface area contributed by atoms with Crippen LogP contribution in [0.4, 0.5) is 0 Å². The summed E-state index contributed by atoms with van der Waals surface area (Å²) in [6.45, 7) is 4.79. The number of piperidine rings is 1. The summed E-state index contributed by atoms with van der Waals surface area (Å²) in [5, 5.41) is 2.71. The molecule has 0 aliphatic carbocycles. The first-order valence-corrected chi connectivity index (χ1v) is 8.41. The minimum atomic E-state index is 0.0751. The smallest absolute Gasteiger partial charge is 0.220 e. The van der Waals surface area contributed by atoms with Gasteiger partial charge in [0.1, 0.15) is 5.82 Å². The van der Waals surface area contributed by atoms with E-state index in [0.29, 0.717) is 6.42 Å². The Kier molecular flexibility index (Phi) is 6.92. The van der Waals surface area contributed by atoms with Crippen LogP contribution >= 0.6 is 0 Å². The molecule has 1 fully saturated rings. The van der Waals surface area contributed by atoms with E-state index in [1.54, 1.807) is 14.2 Å². The van der Waals surface area contributed by atoms with E-state index < -0.39 is 0 Å². The minimum absolute atomic E-state index is 0.0751. The third kappa shape index (κ3) is 5.25. The van der Waals surface area contributed by atoms with Crippen LogP contribution in [0.15, 0.2) is 12.4 Å². The third-order valence-corrected chi connectivity index (χ3v) is 4.42. The maximum absolute atomic E-state index is 11.7. The summed E-state index contributed by atoms with van der Waals surface area (Å²) in [7, 11) is 3.41. The van der Waals surface area contributed by atoms with Crippen molar-refractivity contribution >= 4 is 5.91 Å². The van der Waals surface area contributed by atoms with Gasteiger partial charge in [-0.15, -0.1) is 0 Å². The molecule has 1 N–H and O–H groups in total. The number of amides is 1. The van der Waals surface area contributed by atoms with Gasteiger partial charge in [-0.25, -0.2) is 9.97 Å². The lowest BCUT2D eigenvalue weighted by Gasteiger charge is -2.37. The summed E-state index contributed by atoms with van der Waals surface area (Å²) in [6, 6.07) is 0. The van der Waals surface area contributed by atoms with Gasteiger partial charge in [-0.1, -0.05) is 6.92 Å². The Bertz CT molecular complexity index is 492. The van der Waals surface area contributed by atoms with Crippen molar-refractivity contribution in [1.82, 2.24) is 20.2 Å². The van der Waals surface area contributed by atoms with Gasteiger partial charge in [0.15, 0.2) is 0 Å². The zero-order valence-electron chi connectivity index (χ0n) is 14.4. The fourth-order valence-electron chi connectivity index (χ4n) is 3.15. The lowest BCUT2D eigenvalue weighted by molar-refractivity contribution is -0.123. The minimum Gasteiger partial charge on any atom is -0.381 e. The number of ether oxygens (including phenoxy) is 1. The molecule has 0 bridgehead atoms. The molecule has 0 saturated carbocycles. The van der Waals surface area contributed by atoms with Crippen molar-refractivity contribution in [2.75, 3.05) is 27.2 Å². The predicted molar refractivity (Wildman–Crippen MR) is 88.9 cm³/mol. The van der Waals surface area contributed by atoms with Gasteiger partial charge in [0.2, 0.25) is 5.91 Å². The molecule has 1 aliphatic rings. The molecule has 1 saturated heterocycles. The van der Waals surface area contributed by atoms with Crippen molar-refractivity contribution in [3.63, 3.8) is 0 Å². The topological polar surface area (TPSA) is 67.4 Å². The highest BCUT2D eigenvalue weighted by Gasteiger charge is 2.30. The predicted octanol–water partition coefficient (Wildman–Crippen LogP) is 1.40.